The van der Waals surface area contributed by atoms with Gasteiger partial charge in [0, 0.05) is 29.1 Å². The fraction of sp³-hybridized carbons (Fsp3) is 0.231. The van der Waals surface area contributed by atoms with E-state index in [9.17, 15) is 14.4 Å². The zero-order valence-electron chi connectivity index (χ0n) is 18.6. The Morgan fingerprint density at radius 3 is 2.33 bits per heavy atom. The van der Waals surface area contributed by atoms with E-state index >= 15 is 0 Å². The van der Waals surface area contributed by atoms with E-state index < -0.39 is 11.5 Å². The first-order chi connectivity index (χ1) is 15.7. The molecule has 1 amide bonds. The summed E-state index contributed by atoms with van der Waals surface area (Å²) in [6.45, 7) is 3.98. The average molecular weight is 441 g/mol. The molecule has 0 fully saturated rings. The molecule has 0 saturated heterocycles. The molecule has 3 aromatic rings. The summed E-state index contributed by atoms with van der Waals surface area (Å²) in [5.74, 6) is -0.0878. The Bertz CT molecular complexity index is 1340. The highest BCUT2D eigenvalue weighted by Crippen LogP contribution is 2.35. The van der Waals surface area contributed by atoms with Gasteiger partial charge in [0.25, 0.3) is 11.5 Å². The van der Waals surface area contributed by atoms with Gasteiger partial charge in [-0.3, -0.25) is 19.0 Å². The van der Waals surface area contributed by atoms with Gasteiger partial charge in [-0.2, -0.15) is 5.26 Å². The van der Waals surface area contributed by atoms with E-state index in [-0.39, 0.29) is 16.8 Å². The molecule has 1 aromatic heterocycles. The normalized spacial score (nSPS) is 14.2. The van der Waals surface area contributed by atoms with E-state index in [4.69, 9.17) is 10.00 Å². The number of nitrogens with one attached hydrogen (secondary N) is 1. The Labute approximate surface area is 191 Å². The van der Waals surface area contributed by atoms with E-state index in [1.807, 2.05) is 19.9 Å². The van der Waals surface area contributed by atoms with Crippen molar-refractivity contribution >= 4 is 17.4 Å². The summed E-state index contributed by atoms with van der Waals surface area (Å²) >= 11 is 0. The Morgan fingerprint density at radius 1 is 1.06 bits per heavy atom. The topological polar surface area (TPSA) is 101 Å². The van der Waals surface area contributed by atoms with Crippen LogP contribution in [0.3, 0.4) is 0 Å². The Morgan fingerprint density at radius 2 is 1.73 bits per heavy atom. The van der Waals surface area contributed by atoms with Crippen LogP contribution in [0.5, 0.6) is 5.75 Å². The summed E-state index contributed by atoms with van der Waals surface area (Å²) in [5, 5.41) is 11.6. The van der Waals surface area contributed by atoms with Gasteiger partial charge in [0.1, 0.15) is 11.3 Å². The van der Waals surface area contributed by atoms with Crippen molar-refractivity contribution in [2.45, 2.75) is 26.7 Å². The minimum Gasteiger partial charge on any atom is -0.497 e. The number of rotatable bonds is 4. The van der Waals surface area contributed by atoms with Crippen molar-refractivity contribution in [3.8, 4) is 17.5 Å². The lowest BCUT2D eigenvalue weighted by Gasteiger charge is -2.32. The van der Waals surface area contributed by atoms with Gasteiger partial charge < -0.3 is 10.1 Å². The summed E-state index contributed by atoms with van der Waals surface area (Å²) in [6.07, 6.45) is 0.852. The van der Waals surface area contributed by atoms with Crippen LogP contribution in [0.25, 0.3) is 5.69 Å². The van der Waals surface area contributed by atoms with E-state index in [1.54, 1.807) is 55.6 Å². The molecule has 4 rings (SSSR count). The molecule has 33 heavy (non-hydrogen) atoms. The van der Waals surface area contributed by atoms with Crippen LogP contribution in [0.2, 0.25) is 0 Å². The van der Waals surface area contributed by atoms with E-state index in [0.29, 0.717) is 46.8 Å². The van der Waals surface area contributed by atoms with Crippen molar-refractivity contribution in [2.75, 3.05) is 12.4 Å². The minimum atomic E-state index is -0.618. The van der Waals surface area contributed by atoms with Crippen molar-refractivity contribution in [1.82, 2.24) is 4.57 Å². The Balaban J connectivity index is 1.85. The number of amides is 1. The van der Waals surface area contributed by atoms with Gasteiger partial charge in [-0.1, -0.05) is 13.8 Å². The number of methoxy groups -OCH3 is 1. The number of carbonyl (C=O) groups is 2. The largest absolute Gasteiger partial charge is 0.497 e. The lowest BCUT2D eigenvalue weighted by molar-refractivity contribution is 0.0909. The van der Waals surface area contributed by atoms with Crippen LogP contribution in [0, 0.1) is 16.7 Å². The molecule has 1 aliphatic carbocycles. The molecule has 7 heteroatoms. The molecule has 7 nitrogen and oxygen atoms in total. The summed E-state index contributed by atoms with van der Waals surface area (Å²) in [4.78, 5) is 39.6. The lowest BCUT2D eigenvalue weighted by atomic mass is 9.75. The first-order valence-electron chi connectivity index (χ1n) is 10.5. The molecule has 166 valence electrons. The molecular formula is C26H23N3O4. The molecule has 1 N–H and O–H groups in total. The maximum atomic E-state index is 13.6. The van der Waals surface area contributed by atoms with Crippen molar-refractivity contribution in [3.05, 3.63) is 87.3 Å². The standard InChI is InChI=1S/C26H23N3O4/c1-26(2)13-22-20(23(30)14-26)12-21(24(31)28-17-6-4-16(15-27)5-7-17)25(32)29(22)18-8-10-19(33-3)11-9-18/h4-12H,13-14H2,1-3H3,(H,28,31). The first-order valence-corrected chi connectivity index (χ1v) is 10.5. The molecule has 1 aliphatic rings. The first kappa shape index (κ1) is 22.0. The molecule has 0 aliphatic heterocycles. The molecule has 1 heterocycles. The van der Waals surface area contributed by atoms with Crippen molar-refractivity contribution in [3.63, 3.8) is 0 Å². The van der Waals surface area contributed by atoms with Gasteiger partial charge in [-0.15, -0.1) is 0 Å². The molecule has 0 spiro atoms. The van der Waals surface area contributed by atoms with Gasteiger partial charge in [0.15, 0.2) is 5.78 Å². The number of anilines is 1. The molecule has 0 unspecified atom stereocenters. The van der Waals surface area contributed by atoms with E-state index in [2.05, 4.69) is 5.32 Å². The predicted octanol–water partition coefficient (Wildman–Crippen LogP) is 4.13. The summed E-state index contributed by atoms with van der Waals surface area (Å²) < 4.78 is 6.68. The third kappa shape index (κ3) is 4.28. The molecule has 0 radical (unpaired) electrons. The summed E-state index contributed by atoms with van der Waals surface area (Å²) in [5.41, 5.74) is 1.50. The number of ketones is 1. The highest BCUT2D eigenvalue weighted by molar-refractivity contribution is 6.07. The number of pyridine rings is 1. The second-order valence-corrected chi connectivity index (χ2v) is 8.84. The Kier molecular flexibility index (Phi) is 5.60. The molecule has 0 saturated carbocycles. The third-order valence-corrected chi connectivity index (χ3v) is 5.74. The second-order valence-electron chi connectivity index (χ2n) is 8.84. The quantitative estimate of drug-likeness (QED) is 0.656. The van der Waals surface area contributed by atoms with Crippen LogP contribution in [0.1, 0.15) is 52.2 Å². The second kappa shape index (κ2) is 8.40. The van der Waals surface area contributed by atoms with Crippen molar-refractivity contribution in [2.24, 2.45) is 5.41 Å². The zero-order valence-corrected chi connectivity index (χ0v) is 18.6. The van der Waals surface area contributed by atoms with Crippen LogP contribution < -0.4 is 15.6 Å². The molecular weight excluding hydrogens is 418 g/mol. The molecule has 0 atom stereocenters. The lowest BCUT2D eigenvalue weighted by Crippen LogP contribution is -2.37. The number of carbonyl (C=O) groups excluding carboxylic acids is 2. The maximum absolute atomic E-state index is 13.6. The monoisotopic (exact) mass is 441 g/mol. The fourth-order valence-electron chi connectivity index (χ4n) is 4.11. The SMILES string of the molecule is COc1ccc(-n2c3c(cc(C(=O)Nc4ccc(C#N)cc4)c2=O)C(=O)CC(C)(C)C3)cc1. The predicted molar refractivity (Wildman–Crippen MR) is 124 cm³/mol. The van der Waals surface area contributed by atoms with Gasteiger partial charge in [0.2, 0.25) is 0 Å². The van der Waals surface area contributed by atoms with Crippen LogP contribution in [0.4, 0.5) is 5.69 Å². The van der Waals surface area contributed by atoms with Crippen LogP contribution in [-0.2, 0) is 6.42 Å². The highest BCUT2D eigenvalue weighted by Gasteiger charge is 2.35. The minimum absolute atomic E-state index is 0.101. The molecule has 2 aromatic carbocycles. The number of benzene rings is 2. The molecule has 0 bridgehead atoms. The van der Waals surface area contributed by atoms with Gasteiger partial charge in [-0.25, -0.2) is 0 Å². The van der Waals surface area contributed by atoms with Crippen LogP contribution >= 0.6 is 0 Å². The third-order valence-electron chi connectivity index (χ3n) is 5.74. The van der Waals surface area contributed by atoms with E-state index in [1.165, 1.54) is 10.6 Å². The fourth-order valence-corrected chi connectivity index (χ4v) is 4.11. The van der Waals surface area contributed by atoms with Gasteiger partial charge >= 0.3 is 0 Å². The maximum Gasteiger partial charge on any atom is 0.268 e. The Hall–Kier alpha value is -4.18. The summed E-state index contributed by atoms with van der Waals surface area (Å²) in [6, 6.07) is 16.7. The number of hydrogen-bond acceptors (Lipinski definition) is 5. The van der Waals surface area contributed by atoms with Crippen LogP contribution in [-0.4, -0.2) is 23.4 Å². The number of ether oxygens (including phenoxy) is 1. The summed E-state index contributed by atoms with van der Waals surface area (Å²) in [7, 11) is 1.55. The van der Waals surface area contributed by atoms with Crippen molar-refractivity contribution in [1.29, 1.82) is 5.26 Å². The smallest absolute Gasteiger partial charge is 0.268 e. The number of fused-ring (bicyclic) bond motifs is 1. The highest BCUT2D eigenvalue weighted by atomic mass is 16.5. The number of Topliss-reactive ketones (excluding diaryl/α,β-unsaturated/α-hetero) is 1. The number of nitriles is 1. The number of hydrogen-bond donors (Lipinski definition) is 1. The number of nitrogens with zero attached hydrogens (tertiary/aromatic N) is 2. The zero-order chi connectivity index (χ0) is 23.8. The van der Waals surface area contributed by atoms with E-state index in [0.717, 1.165) is 0 Å². The van der Waals surface area contributed by atoms with Crippen LogP contribution in [0.15, 0.2) is 59.4 Å². The van der Waals surface area contributed by atoms with Gasteiger partial charge in [0.05, 0.1) is 18.7 Å². The average Bonchev–Trinajstić information content (AvgIpc) is 2.78. The number of aromatic nitrogens is 1. The van der Waals surface area contributed by atoms with Gasteiger partial charge in [-0.05, 0) is 66.4 Å². The van der Waals surface area contributed by atoms with Crippen molar-refractivity contribution < 1.29 is 14.3 Å².